The SMILES string of the molecule is CCNC(=O)Cc1noc2cc(Br)ccc12. The van der Waals surface area contributed by atoms with Crippen LogP contribution in [0, 0.1) is 0 Å². The lowest BCUT2D eigenvalue weighted by Gasteiger charge is -1.98. The standard InChI is InChI=1S/C11H11BrN2O2/c1-2-13-11(15)6-9-8-4-3-7(12)5-10(8)16-14-9/h3-5H,2,6H2,1H3,(H,13,15). The first-order chi connectivity index (χ1) is 7.70. The molecule has 0 unspecified atom stereocenters. The molecule has 1 amide bonds. The van der Waals surface area contributed by atoms with Gasteiger partial charge in [0.25, 0.3) is 0 Å². The largest absolute Gasteiger partial charge is 0.356 e. The molecule has 0 saturated carbocycles. The summed E-state index contributed by atoms with van der Waals surface area (Å²) >= 11 is 3.35. The number of carbonyl (C=O) groups is 1. The minimum Gasteiger partial charge on any atom is -0.356 e. The van der Waals surface area contributed by atoms with E-state index >= 15 is 0 Å². The second-order valence-corrected chi connectivity index (χ2v) is 4.32. The number of carbonyl (C=O) groups excluding carboxylic acids is 1. The molecule has 84 valence electrons. The molecule has 0 spiro atoms. The monoisotopic (exact) mass is 282 g/mol. The molecule has 16 heavy (non-hydrogen) atoms. The summed E-state index contributed by atoms with van der Waals surface area (Å²) in [7, 11) is 0. The highest BCUT2D eigenvalue weighted by molar-refractivity contribution is 9.10. The van der Waals surface area contributed by atoms with E-state index in [0.29, 0.717) is 17.8 Å². The Morgan fingerprint density at radius 1 is 1.56 bits per heavy atom. The van der Waals surface area contributed by atoms with E-state index < -0.39 is 0 Å². The average Bonchev–Trinajstić information content (AvgIpc) is 2.61. The molecule has 0 aliphatic rings. The van der Waals surface area contributed by atoms with Crippen LogP contribution in [0.4, 0.5) is 0 Å². The Kier molecular flexibility index (Phi) is 3.24. The van der Waals surface area contributed by atoms with Crippen molar-refractivity contribution in [3.63, 3.8) is 0 Å². The number of hydrogen-bond donors (Lipinski definition) is 1. The zero-order valence-electron chi connectivity index (χ0n) is 8.79. The fraction of sp³-hybridized carbons (Fsp3) is 0.273. The van der Waals surface area contributed by atoms with Gasteiger partial charge in [-0.1, -0.05) is 21.1 Å². The molecule has 2 aromatic rings. The van der Waals surface area contributed by atoms with Gasteiger partial charge in [0.15, 0.2) is 5.58 Å². The van der Waals surface area contributed by atoms with Gasteiger partial charge in [-0.15, -0.1) is 0 Å². The lowest BCUT2D eigenvalue weighted by molar-refractivity contribution is -0.120. The fourth-order valence-electron chi connectivity index (χ4n) is 1.50. The van der Waals surface area contributed by atoms with Crippen molar-refractivity contribution in [3.05, 3.63) is 28.4 Å². The lowest BCUT2D eigenvalue weighted by atomic mass is 10.1. The van der Waals surface area contributed by atoms with Crippen LogP contribution in [0.25, 0.3) is 11.0 Å². The number of halogens is 1. The van der Waals surface area contributed by atoms with Crippen molar-refractivity contribution in [3.8, 4) is 0 Å². The Labute approximate surface area is 101 Å². The summed E-state index contributed by atoms with van der Waals surface area (Å²) in [5.74, 6) is -0.0411. The minimum atomic E-state index is -0.0411. The predicted molar refractivity (Wildman–Crippen MR) is 64.1 cm³/mol. The van der Waals surface area contributed by atoms with Gasteiger partial charge in [-0.05, 0) is 25.1 Å². The number of hydrogen-bond acceptors (Lipinski definition) is 3. The summed E-state index contributed by atoms with van der Waals surface area (Å²) < 4.78 is 6.08. The molecule has 0 bridgehead atoms. The normalized spacial score (nSPS) is 10.6. The first-order valence-electron chi connectivity index (χ1n) is 5.01. The summed E-state index contributed by atoms with van der Waals surface area (Å²) in [5.41, 5.74) is 1.36. The van der Waals surface area contributed by atoms with E-state index in [9.17, 15) is 4.79 Å². The summed E-state index contributed by atoms with van der Waals surface area (Å²) in [4.78, 5) is 11.4. The second-order valence-electron chi connectivity index (χ2n) is 3.40. The first kappa shape index (κ1) is 11.1. The van der Waals surface area contributed by atoms with E-state index in [-0.39, 0.29) is 12.3 Å². The quantitative estimate of drug-likeness (QED) is 0.940. The topological polar surface area (TPSA) is 55.1 Å². The van der Waals surface area contributed by atoms with Gasteiger partial charge in [-0.3, -0.25) is 4.79 Å². The number of aromatic nitrogens is 1. The summed E-state index contributed by atoms with van der Waals surface area (Å²) in [5, 5.41) is 7.52. The third-order valence-electron chi connectivity index (χ3n) is 2.21. The molecule has 0 fully saturated rings. The third kappa shape index (κ3) is 2.24. The molecule has 0 radical (unpaired) electrons. The fourth-order valence-corrected chi connectivity index (χ4v) is 1.84. The van der Waals surface area contributed by atoms with Gasteiger partial charge in [-0.25, -0.2) is 0 Å². The van der Waals surface area contributed by atoms with Gasteiger partial charge in [0.1, 0.15) is 5.69 Å². The Morgan fingerprint density at radius 2 is 2.38 bits per heavy atom. The number of amides is 1. The van der Waals surface area contributed by atoms with E-state index in [2.05, 4.69) is 26.4 Å². The highest BCUT2D eigenvalue weighted by Crippen LogP contribution is 2.22. The van der Waals surface area contributed by atoms with Crippen molar-refractivity contribution in [2.75, 3.05) is 6.54 Å². The van der Waals surface area contributed by atoms with E-state index in [0.717, 1.165) is 9.86 Å². The number of likely N-dealkylation sites (N-methyl/N-ethyl adjacent to an activating group) is 1. The van der Waals surface area contributed by atoms with E-state index in [1.54, 1.807) is 0 Å². The molecule has 0 aliphatic heterocycles. The summed E-state index contributed by atoms with van der Waals surface area (Å²) in [6.45, 7) is 2.51. The predicted octanol–water partition coefficient (Wildman–Crippen LogP) is 2.27. The highest BCUT2D eigenvalue weighted by atomic mass is 79.9. The van der Waals surface area contributed by atoms with Crippen LogP contribution in [0.1, 0.15) is 12.6 Å². The molecule has 5 heteroatoms. The van der Waals surface area contributed by atoms with E-state index in [1.807, 2.05) is 25.1 Å². The maximum absolute atomic E-state index is 11.4. The Hall–Kier alpha value is -1.36. The van der Waals surface area contributed by atoms with Crippen molar-refractivity contribution >= 4 is 32.8 Å². The maximum atomic E-state index is 11.4. The van der Waals surface area contributed by atoms with Crippen LogP contribution in [-0.2, 0) is 11.2 Å². The molecule has 1 aromatic heterocycles. The molecule has 0 atom stereocenters. The molecular formula is C11H11BrN2O2. The van der Waals surface area contributed by atoms with Crippen molar-refractivity contribution in [2.24, 2.45) is 0 Å². The molecule has 0 aliphatic carbocycles. The molecule has 0 saturated heterocycles. The summed E-state index contributed by atoms with van der Waals surface area (Å²) in [6.07, 6.45) is 0.252. The maximum Gasteiger partial charge on any atom is 0.226 e. The zero-order chi connectivity index (χ0) is 11.5. The number of rotatable bonds is 3. The van der Waals surface area contributed by atoms with Crippen molar-refractivity contribution < 1.29 is 9.32 Å². The minimum absolute atomic E-state index is 0.0411. The van der Waals surface area contributed by atoms with Crippen molar-refractivity contribution in [1.82, 2.24) is 10.5 Å². The van der Waals surface area contributed by atoms with Crippen molar-refractivity contribution in [1.29, 1.82) is 0 Å². The van der Waals surface area contributed by atoms with Gasteiger partial charge < -0.3 is 9.84 Å². The number of fused-ring (bicyclic) bond motifs is 1. The average molecular weight is 283 g/mol. The van der Waals surface area contributed by atoms with Crippen LogP contribution in [0.5, 0.6) is 0 Å². The summed E-state index contributed by atoms with van der Waals surface area (Å²) in [6, 6.07) is 5.63. The Morgan fingerprint density at radius 3 is 3.12 bits per heavy atom. The molecule has 4 nitrogen and oxygen atoms in total. The molecule has 1 N–H and O–H groups in total. The zero-order valence-corrected chi connectivity index (χ0v) is 10.4. The van der Waals surface area contributed by atoms with E-state index in [4.69, 9.17) is 4.52 Å². The van der Waals surface area contributed by atoms with Gasteiger partial charge in [-0.2, -0.15) is 0 Å². The van der Waals surface area contributed by atoms with E-state index in [1.165, 1.54) is 0 Å². The van der Waals surface area contributed by atoms with Gasteiger partial charge in [0.05, 0.1) is 6.42 Å². The first-order valence-corrected chi connectivity index (χ1v) is 5.80. The number of benzene rings is 1. The Balaban J connectivity index is 2.28. The van der Waals surface area contributed by atoms with Gasteiger partial charge in [0, 0.05) is 16.4 Å². The second kappa shape index (κ2) is 4.65. The van der Waals surface area contributed by atoms with Gasteiger partial charge in [0.2, 0.25) is 5.91 Å². The van der Waals surface area contributed by atoms with Crippen LogP contribution in [0.15, 0.2) is 27.2 Å². The van der Waals surface area contributed by atoms with Crippen LogP contribution in [0.2, 0.25) is 0 Å². The van der Waals surface area contributed by atoms with Crippen LogP contribution < -0.4 is 5.32 Å². The van der Waals surface area contributed by atoms with Gasteiger partial charge >= 0.3 is 0 Å². The number of nitrogens with one attached hydrogen (secondary N) is 1. The van der Waals surface area contributed by atoms with Crippen LogP contribution in [-0.4, -0.2) is 17.6 Å². The van der Waals surface area contributed by atoms with Crippen molar-refractivity contribution in [2.45, 2.75) is 13.3 Å². The molecule has 1 aromatic carbocycles. The number of nitrogens with zero attached hydrogens (tertiary/aromatic N) is 1. The molecular weight excluding hydrogens is 272 g/mol. The smallest absolute Gasteiger partial charge is 0.226 e. The van der Waals surface area contributed by atoms with Crippen LogP contribution >= 0.6 is 15.9 Å². The Bertz CT molecular complexity index is 522. The lowest BCUT2D eigenvalue weighted by Crippen LogP contribution is -2.24. The molecule has 1 heterocycles. The van der Waals surface area contributed by atoms with Crippen LogP contribution in [0.3, 0.4) is 0 Å². The third-order valence-corrected chi connectivity index (χ3v) is 2.70. The molecule has 2 rings (SSSR count). The highest BCUT2D eigenvalue weighted by Gasteiger charge is 2.11.